The number of hydrogen-bond donors (Lipinski definition) is 2. The summed E-state index contributed by atoms with van der Waals surface area (Å²) in [5.41, 5.74) is 0.351. The average molecular weight is 293 g/mol. The Hall–Kier alpha value is -1.73. The maximum atomic E-state index is 12.1. The van der Waals surface area contributed by atoms with Crippen molar-refractivity contribution in [2.75, 3.05) is 0 Å². The molecule has 1 amide bonds. The Morgan fingerprint density at radius 3 is 2.70 bits per heavy atom. The van der Waals surface area contributed by atoms with Gasteiger partial charge in [-0.05, 0) is 37.0 Å². The number of nitrogens with one attached hydrogen (secondary N) is 1. The van der Waals surface area contributed by atoms with E-state index in [1.807, 2.05) is 0 Å². The molecule has 1 unspecified atom stereocenters. The summed E-state index contributed by atoms with van der Waals surface area (Å²) in [5, 5.41) is 21.5. The average Bonchev–Trinajstić information content (AvgIpc) is 2.48. The van der Waals surface area contributed by atoms with E-state index in [9.17, 15) is 15.2 Å². The first kappa shape index (κ1) is 14.7. The molecule has 0 spiro atoms. The van der Waals surface area contributed by atoms with E-state index in [4.69, 9.17) is 11.6 Å². The maximum Gasteiger partial charge on any atom is 0.252 e. The van der Waals surface area contributed by atoms with Crippen molar-refractivity contribution in [3.05, 3.63) is 28.8 Å². The van der Waals surface area contributed by atoms with E-state index in [0.29, 0.717) is 5.56 Å². The van der Waals surface area contributed by atoms with Crippen molar-refractivity contribution in [1.82, 2.24) is 5.32 Å². The quantitative estimate of drug-likeness (QED) is 0.898. The van der Waals surface area contributed by atoms with Gasteiger partial charge in [0, 0.05) is 5.56 Å². The predicted octanol–water partition coefficient (Wildman–Crippen LogP) is 3.25. The molecule has 5 heteroatoms. The fraction of sp³-hybridized carbons (Fsp3) is 0.467. The fourth-order valence-electron chi connectivity index (χ4n) is 2.60. The first-order valence-electron chi connectivity index (χ1n) is 6.81. The number of nitriles is 1. The standard InChI is InChI=1S/C15H17ClN2O2/c16-12-8-11(6-7-14(12)19)15(20)18-13(9-17)10-4-2-1-3-5-10/h6-8,10,13,19H,1-5H2,(H,18,20). The van der Waals surface area contributed by atoms with Gasteiger partial charge in [-0.3, -0.25) is 4.79 Å². The van der Waals surface area contributed by atoms with Gasteiger partial charge >= 0.3 is 0 Å². The number of aromatic hydroxyl groups is 1. The van der Waals surface area contributed by atoms with E-state index in [1.165, 1.54) is 24.6 Å². The zero-order valence-corrected chi connectivity index (χ0v) is 11.9. The summed E-state index contributed by atoms with van der Waals surface area (Å²) >= 11 is 5.78. The van der Waals surface area contributed by atoms with Gasteiger partial charge in [0.2, 0.25) is 0 Å². The second kappa shape index (κ2) is 6.62. The number of nitrogens with zero attached hydrogens (tertiary/aromatic N) is 1. The molecule has 0 aliphatic heterocycles. The molecule has 0 aromatic heterocycles. The maximum absolute atomic E-state index is 12.1. The normalized spacial score (nSPS) is 17.2. The van der Waals surface area contributed by atoms with Gasteiger partial charge in [0.15, 0.2) is 0 Å². The molecule has 106 valence electrons. The smallest absolute Gasteiger partial charge is 0.252 e. The summed E-state index contributed by atoms with van der Waals surface area (Å²) in [6.45, 7) is 0. The molecule has 1 fully saturated rings. The number of benzene rings is 1. The Labute approximate surface area is 123 Å². The minimum absolute atomic E-state index is 0.0627. The van der Waals surface area contributed by atoms with Gasteiger partial charge in [0.05, 0.1) is 11.1 Å². The van der Waals surface area contributed by atoms with Crippen LogP contribution in [0.4, 0.5) is 0 Å². The van der Waals surface area contributed by atoms with Crippen molar-refractivity contribution >= 4 is 17.5 Å². The SMILES string of the molecule is N#CC(NC(=O)c1ccc(O)c(Cl)c1)C1CCCCC1. The highest BCUT2D eigenvalue weighted by Crippen LogP contribution is 2.27. The van der Waals surface area contributed by atoms with Crippen LogP contribution in [0.25, 0.3) is 0 Å². The Balaban J connectivity index is 2.05. The fourth-order valence-corrected chi connectivity index (χ4v) is 2.78. The van der Waals surface area contributed by atoms with Crippen molar-refractivity contribution in [2.45, 2.75) is 38.1 Å². The molecule has 1 aromatic rings. The first-order chi connectivity index (χ1) is 9.61. The van der Waals surface area contributed by atoms with Gasteiger partial charge in [-0.15, -0.1) is 0 Å². The van der Waals surface area contributed by atoms with E-state index in [1.54, 1.807) is 0 Å². The molecule has 1 aliphatic carbocycles. The number of hydrogen-bond acceptors (Lipinski definition) is 3. The molecule has 0 heterocycles. The molecule has 2 rings (SSSR count). The third kappa shape index (κ3) is 3.43. The van der Waals surface area contributed by atoms with E-state index in [0.717, 1.165) is 25.7 Å². The molecule has 20 heavy (non-hydrogen) atoms. The molecule has 2 N–H and O–H groups in total. The first-order valence-corrected chi connectivity index (χ1v) is 7.18. The number of amides is 1. The Morgan fingerprint density at radius 1 is 1.40 bits per heavy atom. The van der Waals surface area contributed by atoms with Crippen LogP contribution in [0.15, 0.2) is 18.2 Å². The Bertz CT molecular complexity index is 533. The van der Waals surface area contributed by atoms with Crippen LogP contribution < -0.4 is 5.32 Å². The molecular weight excluding hydrogens is 276 g/mol. The van der Waals surface area contributed by atoms with Crippen molar-refractivity contribution in [2.24, 2.45) is 5.92 Å². The van der Waals surface area contributed by atoms with Crippen LogP contribution in [-0.4, -0.2) is 17.1 Å². The highest BCUT2D eigenvalue weighted by molar-refractivity contribution is 6.32. The highest BCUT2D eigenvalue weighted by Gasteiger charge is 2.25. The zero-order chi connectivity index (χ0) is 14.5. The van der Waals surface area contributed by atoms with Gasteiger partial charge in [-0.1, -0.05) is 30.9 Å². The van der Waals surface area contributed by atoms with E-state index >= 15 is 0 Å². The second-order valence-electron chi connectivity index (χ2n) is 5.14. The minimum atomic E-state index is -0.463. The molecule has 0 bridgehead atoms. The van der Waals surface area contributed by atoms with Crippen LogP contribution in [0.3, 0.4) is 0 Å². The summed E-state index contributed by atoms with van der Waals surface area (Å²) in [5.74, 6) is -0.165. The van der Waals surface area contributed by atoms with Gasteiger partial charge in [-0.25, -0.2) is 0 Å². The van der Waals surface area contributed by atoms with Crippen molar-refractivity contribution in [1.29, 1.82) is 5.26 Å². The van der Waals surface area contributed by atoms with Crippen molar-refractivity contribution < 1.29 is 9.90 Å². The number of halogens is 1. The lowest BCUT2D eigenvalue weighted by atomic mass is 9.84. The zero-order valence-electron chi connectivity index (χ0n) is 11.1. The summed E-state index contributed by atoms with van der Waals surface area (Å²) in [6, 6.07) is 5.99. The lowest BCUT2D eigenvalue weighted by Crippen LogP contribution is -2.40. The number of carbonyl (C=O) groups is 1. The number of rotatable bonds is 3. The van der Waals surface area contributed by atoms with Crippen LogP contribution in [0, 0.1) is 17.2 Å². The monoisotopic (exact) mass is 292 g/mol. The highest BCUT2D eigenvalue weighted by atomic mass is 35.5. The van der Waals surface area contributed by atoms with Crippen LogP contribution in [0.2, 0.25) is 5.02 Å². The van der Waals surface area contributed by atoms with Crippen molar-refractivity contribution in [3.63, 3.8) is 0 Å². The van der Waals surface area contributed by atoms with Crippen molar-refractivity contribution in [3.8, 4) is 11.8 Å². The largest absolute Gasteiger partial charge is 0.506 e. The van der Waals surface area contributed by atoms with E-state index < -0.39 is 6.04 Å². The van der Waals surface area contributed by atoms with E-state index in [-0.39, 0.29) is 22.6 Å². The Morgan fingerprint density at radius 2 is 2.10 bits per heavy atom. The third-order valence-corrected chi connectivity index (χ3v) is 4.06. The third-order valence-electron chi connectivity index (χ3n) is 3.76. The van der Waals surface area contributed by atoms with Gasteiger partial charge < -0.3 is 10.4 Å². The molecule has 4 nitrogen and oxygen atoms in total. The lowest BCUT2D eigenvalue weighted by Gasteiger charge is -2.26. The molecular formula is C15H17ClN2O2. The second-order valence-corrected chi connectivity index (χ2v) is 5.55. The number of phenols is 1. The summed E-state index contributed by atoms with van der Waals surface area (Å²) in [7, 11) is 0. The number of carbonyl (C=O) groups excluding carboxylic acids is 1. The van der Waals surface area contributed by atoms with Crippen LogP contribution in [0.1, 0.15) is 42.5 Å². The molecule has 1 aromatic carbocycles. The van der Waals surface area contributed by atoms with Crippen LogP contribution in [0.5, 0.6) is 5.75 Å². The molecule has 0 saturated heterocycles. The number of phenolic OH excluding ortho intramolecular Hbond substituents is 1. The van der Waals surface area contributed by atoms with Gasteiger partial charge in [0.25, 0.3) is 5.91 Å². The summed E-state index contributed by atoms with van der Waals surface area (Å²) < 4.78 is 0. The van der Waals surface area contributed by atoms with Gasteiger partial charge in [0.1, 0.15) is 11.8 Å². The van der Waals surface area contributed by atoms with Crippen LogP contribution in [-0.2, 0) is 0 Å². The molecule has 1 saturated carbocycles. The summed E-state index contributed by atoms with van der Waals surface area (Å²) in [6.07, 6.45) is 5.40. The Kier molecular flexibility index (Phi) is 4.86. The minimum Gasteiger partial charge on any atom is -0.506 e. The molecule has 0 radical (unpaired) electrons. The molecule has 1 atom stereocenters. The van der Waals surface area contributed by atoms with E-state index in [2.05, 4.69) is 11.4 Å². The lowest BCUT2D eigenvalue weighted by molar-refractivity contribution is 0.0929. The molecule has 1 aliphatic rings. The summed E-state index contributed by atoms with van der Waals surface area (Å²) in [4.78, 5) is 12.1. The van der Waals surface area contributed by atoms with Gasteiger partial charge in [-0.2, -0.15) is 5.26 Å². The topological polar surface area (TPSA) is 73.1 Å². The van der Waals surface area contributed by atoms with Crippen LogP contribution >= 0.6 is 11.6 Å². The predicted molar refractivity (Wildman–Crippen MR) is 76.6 cm³/mol.